The molecule has 0 rings (SSSR count). The van der Waals surface area contributed by atoms with E-state index in [4.69, 9.17) is 21.1 Å². The minimum absolute atomic E-state index is 0.0941. The highest BCUT2D eigenvalue weighted by atomic mass is 35.5. The van der Waals surface area contributed by atoms with Gasteiger partial charge >= 0.3 is 12.1 Å². The first-order valence-corrected chi connectivity index (χ1v) is 6.43. The van der Waals surface area contributed by atoms with Crippen LogP contribution in [0.25, 0.3) is 0 Å². The fourth-order valence-electron chi connectivity index (χ4n) is 1.16. The summed E-state index contributed by atoms with van der Waals surface area (Å²) < 4.78 is 9.99. The van der Waals surface area contributed by atoms with Crippen LogP contribution in [0.1, 0.15) is 34.6 Å². The molecule has 0 spiro atoms. The number of carbonyl (C=O) groups is 2. The maximum Gasteiger partial charge on any atom is 0.407 e. The second-order valence-electron chi connectivity index (χ2n) is 5.22. The Morgan fingerprint density at radius 3 is 2.22 bits per heavy atom. The molecule has 0 radical (unpaired) electrons. The van der Waals surface area contributed by atoms with E-state index < -0.39 is 23.7 Å². The Balaban J connectivity index is 4.48. The number of alkyl carbamates (subject to hydrolysis) is 1. The van der Waals surface area contributed by atoms with Crippen molar-refractivity contribution in [2.45, 2.75) is 46.3 Å². The standard InChI is InChI=1S/C12H22ClNO4/c1-8(2)9(10(15)18-12(3,4)5)14-11(16)17-7-6-13/h8-9H,6-7H2,1-5H3,(H,14,16)/t9-/m0/s1. The Morgan fingerprint density at radius 2 is 1.83 bits per heavy atom. The summed E-state index contributed by atoms with van der Waals surface area (Å²) >= 11 is 5.40. The lowest BCUT2D eigenvalue weighted by atomic mass is 10.0. The number of carbonyl (C=O) groups excluding carboxylic acids is 2. The van der Waals surface area contributed by atoms with Crippen molar-refractivity contribution < 1.29 is 19.1 Å². The first-order valence-electron chi connectivity index (χ1n) is 5.89. The van der Waals surface area contributed by atoms with E-state index in [0.29, 0.717) is 0 Å². The van der Waals surface area contributed by atoms with Crippen molar-refractivity contribution in [1.29, 1.82) is 0 Å². The van der Waals surface area contributed by atoms with Crippen LogP contribution in [0.15, 0.2) is 0 Å². The number of esters is 1. The molecule has 0 fully saturated rings. The number of hydrogen-bond acceptors (Lipinski definition) is 4. The lowest BCUT2D eigenvalue weighted by molar-refractivity contribution is -0.158. The van der Waals surface area contributed by atoms with Gasteiger partial charge in [0.05, 0.1) is 5.88 Å². The summed E-state index contributed by atoms with van der Waals surface area (Å²) in [6, 6.07) is -0.730. The van der Waals surface area contributed by atoms with Crippen molar-refractivity contribution in [1.82, 2.24) is 5.32 Å². The van der Waals surface area contributed by atoms with Crippen LogP contribution >= 0.6 is 11.6 Å². The van der Waals surface area contributed by atoms with Crippen LogP contribution in [0.4, 0.5) is 4.79 Å². The van der Waals surface area contributed by atoms with Gasteiger partial charge in [0.25, 0.3) is 0 Å². The maximum atomic E-state index is 11.9. The summed E-state index contributed by atoms with van der Waals surface area (Å²) in [6.45, 7) is 9.05. The van der Waals surface area contributed by atoms with Gasteiger partial charge < -0.3 is 14.8 Å². The predicted octanol–water partition coefficient (Wildman–Crippen LogP) is 2.32. The third kappa shape index (κ3) is 7.37. The van der Waals surface area contributed by atoms with E-state index >= 15 is 0 Å². The average molecular weight is 280 g/mol. The number of ether oxygens (including phenoxy) is 2. The molecule has 0 saturated carbocycles. The van der Waals surface area contributed by atoms with Crippen molar-refractivity contribution in [2.75, 3.05) is 12.5 Å². The predicted molar refractivity (Wildman–Crippen MR) is 69.7 cm³/mol. The van der Waals surface area contributed by atoms with E-state index in [0.717, 1.165) is 0 Å². The average Bonchev–Trinajstić information content (AvgIpc) is 2.19. The van der Waals surface area contributed by atoms with Gasteiger partial charge in [0, 0.05) is 0 Å². The number of rotatable bonds is 5. The van der Waals surface area contributed by atoms with Gasteiger partial charge in [0.1, 0.15) is 18.2 Å². The summed E-state index contributed by atoms with van der Waals surface area (Å²) in [5, 5.41) is 2.48. The SMILES string of the molecule is CC(C)[C@H](NC(=O)OCCCl)C(=O)OC(C)(C)C. The molecule has 1 N–H and O–H groups in total. The highest BCUT2D eigenvalue weighted by molar-refractivity contribution is 6.18. The number of hydrogen-bond donors (Lipinski definition) is 1. The molecule has 0 aromatic rings. The van der Waals surface area contributed by atoms with Crippen LogP contribution in [0.3, 0.4) is 0 Å². The molecule has 0 aromatic carbocycles. The molecule has 106 valence electrons. The zero-order chi connectivity index (χ0) is 14.3. The number of alkyl halides is 1. The van der Waals surface area contributed by atoms with Gasteiger partial charge in [0.2, 0.25) is 0 Å². The van der Waals surface area contributed by atoms with Crippen LogP contribution in [-0.2, 0) is 14.3 Å². The molecule has 0 aromatic heterocycles. The van der Waals surface area contributed by atoms with E-state index in [2.05, 4.69) is 5.32 Å². The topological polar surface area (TPSA) is 64.6 Å². The fraction of sp³-hybridized carbons (Fsp3) is 0.833. The summed E-state index contributed by atoms with van der Waals surface area (Å²) in [7, 11) is 0. The van der Waals surface area contributed by atoms with E-state index in [9.17, 15) is 9.59 Å². The molecule has 0 aliphatic carbocycles. The monoisotopic (exact) mass is 279 g/mol. The maximum absolute atomic E-state index is 11.9. The van der Waals surface area contributed by atoms with Crippen molar-refractivity contribution in [3.8, 4) is 0 Å². The smallest absolute Gasteiger partial charge is 0.407 e. The molecular weight excluding hydrogens is 258 g/mol. The van der Waals surface area contributed by atoms with Gasteiger partial charge in [-0.25, -0.2) is 9.59 Å². The van der Waals surface area contributed by atoms with Crippen molar-refractivity contribution in [3.05, 3.63) is 0 Å². The van der Waals surface area contributed by atoms with E-state index in [1.807, 2.05) is 13.8 Å². The third-order valence-corrected chi connectivity index (χ3v) is 2.07. The molecule has 0 saturated heterocycles. The number of amides is 1. The highest BCUT2D eigenvalue weighted by Gasteiger charge is 2.29. The largest absolute Gasteiger partial charge is 0.458 e. The molecule has 0 aliphatic heterocycles. The quantitative estimate of drug-likeness (QED) is 0.620. The fourth-order valence-corrected chi connectivity index (χ4v) is 1.24. The van der Waals surface area contributed by atoms with Crippen LogP contribution in [-0.4, -0.2) is 36.2 Å². The Morgan fingerprint density at radius 1 is 1.28 bits per heavy atom. The summed E-state index contributed by atoms with van der Waals surface area (Å²) in [5.74, 6) is -0.352. The molecule has 0 bridgehead atoms. The zero-order valence-corrected chi connectivity index (χ0v) is 12.3. The van der Waals surface area contributed by atoms with Crippen molar-refractivity contribution in [3.63, 3.8) is 0 Å². The highest BCUT2D eigenvalue weighted by Crippen LogP contribution is 2.12. The van der Waals surface area contributed by atoms with Crippen molar-refractivity contribution in [2.24, 2.45) is 5.92 Å². The second-order valence-corrected chi connectivity index (χ2v) is 5.60. The summed E-state index contributed by atoms with van der Waals surface area (Å²) in [4.78, 5) is 23.3. The van der Waals surface area contributed by atoms with Gasteiger partial charge in [-0.3, -0.25) is 0 Å². The molecule has 0 aliphatic rings. The lowest BCUT2D eigenvalue weighted by Crippen LogP contribution is -2.47. The number of halogens is 1. The normalized spacial score (nSPS) is 13.1. The van der Waals surface area contributed by atoms with Crippen LogP contribution in [0.2, 0.25) is 0 Å². The zero-order valence-electron chi connectivity index (χ0n) is 11.6. The molecular formula is C12H22ClNO4. The minimum atomic E-state index is -0.730. The van der Waals surface area contributed by atoms with E-state index in [-0.39, 0.29) is 18.4 Å². The van der Waals surface area contributed by atoms with E-state index in [1.165, 1.54) is 0 Å². The Hall–Kier alpha value is -0.970. The molecule has 0 unspecified atom stereocenters. The summed E-state index contributed by atoms with van der Waals surface area (Å²) in [6.07, 6.45) is -0.666. The molecule has 5 nitrogen and oxygen atoms in total. The second kappa shape index (κ2) is 7.46. The molecule has 1 amide bonds. The van der Waals surface area contributed by atoms with Gasteiger partial charge in [0.15, 0.2) is 0 Å². The van der Waals surface area contributed by atoms with Crippen LogP contribution in [0.5, 0.6) is 0 Å². The Labute approximate surface area is 113 Å². The first kappa shape index (κ1) is 17.0. The number of nitrogens with one attached hydrogen (secondary N) is 1. The van der Waals surface area contributed by atoms with E-state index in [1.54, 1.807) is 20.8 Å². The van der Waals surface area contributed by atoms with Gasteiger partial charge in [-0.1, -0.05) is 13.8 Å². The lowest BCUT2D eigenvalue weighted by Gasteiger charge is -2.26. The molecule has 6 heteroatoms. The third-order valence-electron chi connectivity index (χ3n) is 1.91. The van der Waals surface area contributed by atoms with Gasteiger partial charge in [-0.2, -0.15) is 0 Å². The molecule has 1 atom stereocenters. The minimum Gasteiger partial charge on any atom is -0.458 e. The first-order chi connectivity index (χ1) is 8.17. The van der Waals surface area contributed by atoms with Gasteiger partial charge in [-0.15, -0.1) is 11.6 Å². The molecule has 0 heterocycles. The molecule has 18 heavy (non-hydrogen) atoms. The van der Waals surface area contributed by atoms with Crippen LogP contribution < -0.4 is 5.32 Å². The Kier molecular flexibility index (Phi) is 7.06. The van der Waals surface area contributed by atoms with Gasteiger partial charge in [-0.05, 0) is 26.7 Å². The van der Waals surface area contributed by atoms with Crippen molar-refractivity contribution >= 4 is 23.7 Å². The Bertz CT molecular complexity index is 286. The summed E-state index contributed by atoms with van der Waals surface area (Å²) in [5.41, 5.74) is -0.591. The van der Waals surface area contributed by atoms with Crippen LogP contribution in [0, 0.1) is 5.92 Å².